The fourth-order valence-corrected chi connectivity index (χ4v) is 5.10. The minimum atomic E-state index is -2.73. The van der Waals surface area contributed by atoms with Gasteiger partial charge in [-0.05, 0) is 55.1 Å². The molecule has 35 heavy (non-hydrogen) atoms. The van der Waals surface area contributed by atoms with Crippen LogP contribution in [0.25, 0.3) is 0 Å². The maximum absolute atomic E-state index is 5.61. The van der Waals surface area contributed by atoms with Crippen molar-refractivity contribution >= 4 is 48.8 Å². The summed E-state index contributed by atoms with van der Waals surface area (Å²) in [5, 5.41) is 0. The smallest absolute Gasteiger partial charge is 0.380 e. The second-order valence-electron chi connectivity index (χ2n) is 6.47. The Morgan fingerprint density at radius 1 is 0.800 bits per heavy atom. The van der Waals surface area contributed by atoms with Crippen LogP contribution in [-0.2, 0) is 48.1 Å². The average Bonchev–Trinajstić information content (AvgIpc) is 3.40. The van der Waals surface area contributed by atoms with E-state index in [-0.39, 0.29) is 0 Å². The summed E-state index contributed by atoms with van der Waals surface area (Å²) in [6.07, 6.45) is 4.33. The van der Waals surface area contributed by atoms with E-state index in [9.17, 15) is 0 Å². The van der Waals surface area contributed by atoms with Gasteiger partial charge in [0.05, 0.1) is 6.33 Å². The molecule has 0 unspecified atom stereocenters. The van der Waals surface area contributed by atoms with Gasteiger partial charge in [0, 0.05) is 80.2 Å². The third-order valence-electron chi connectivity index (χ3n) is 4.18. The topological polar surface area (TPSA) is 110 Å². The van der Waals surface area contributed by atoms with E-state index < -0.39 is 13.4 Å². The van der Waals surface area contributed by atoms with Crippen LogP contribution in [0.1, 0.15) is 5.69 Å². The van der Waals surface area contributed by atoms with Crippen LogP contribution >= 0.6 is 25.2 Å². The predicted molar refractivity (Wildman–Crippen MR) is 146 cm³/mol. The van der Waals surface area contributed by atoms with Crippen LogP contribution in [0, 0.1) is 0 Å². The van der Waals surface area contributed by atoms with E-state index in [0.717, 1.165) is 21.9 Å². The first kappa shape index (κ1) is 29.9. The summed E-state index contributed by atoms with van der Waals surface area (Å²) in [6.45, 7) is -4.77. The zero-order valence-corrected chi connectivity index (χ0v) is 24.0. The van der Waals surface area contributed by atoms with E-state index in [2.05, 4.69) is 9.97 Å². The van der Waals surface area contributed by atoms with Crippen LogP contribution in [0.5, 0.6) is 11.5 Å². The predicted octanol–water partition coefficient (Wildman–Crippen LogP) is 5.54. The Morgan fingerprint density at radius 3 is 1.54 bits per heavy atom. The Labute approximate surface area is 220 Å². The zero-order chi connectivity index (χ0) is 25.7. The molecule has 2 aromatic carbocycles. The molecule has 0 radical (unpaired) electrons. The number of rotatable bonds is 12. The van der Waals surface area contributed by atoms with Gasteiger partial charge in [-0.25, -0.2) is 4.98 Å². The van der Waals surface area contributed by atoms with Crippen molar-refractivity contribution in [3.8, 4) is 11.5 Å². The van der Waals surface area contributed by atoms with E-state index in [0.29, 0.717) is 18.0 Å². The number of imidazole rings is 1. The maximum Gasteiger partial charge on any atom is 0.380 e. The van der Waals surface area contributed by atoms with Crippen molar-refractivity contribution in [2.45, 2.75) is 16.2 Å². The monoisotopic (exact) mass is 577 g/mol. The number of benzene rings is 2. The minimum Gasteiger partial charge on any atom is -0.424 e. The second-order valence-corrected chi connectivity index (χ2v) is 13.9. The van der Waals surface area contributed by atoms with Gasteiger partial charge in [0.25, 0.3) is 0 Å². The van der Waals surface area contributed by atoms with E-state index >= 15 is 0 Å². The van der Waals surface area contributed by atoms with Crippen LogP contribution in [0.15, 0.2) is 70.8 Å². The summed E-state index contributed by atoms with van der Waals surface area (Å²) in [6, 6.07) is 15.0. The van der Waals surface area contributed by atoms with Gasteiger partial charge >= 0.3 is 13.4 Å². The number of aromatic amines is 1. The van der Waals surface area contributed by atoms with Crippen LogP contribution in [0.2, 0.25) is 0 Å². The molecular weight excluding hydrogens is 548 g/mol. The standard InChI is InChI=1S/C16H20O6P2S3.C5H9N3/c1-17-23(25,18-2)21-13-5-9-15(10-6-13)27-16-11-7-14(8-12-16)22-24(26,19-3)20-4;6-2-1-5-3-7-4-8-5/h5-12H,1-4H3;3-4H,1-2,6H2,(H,7,8). The Morgan fingerprint density at radius 2 is 1.23 bits per heavy atom. The van der Waals surface area contributed by atoms with E-state index in [1.807, 2.05) is 48.5 Å². The molecule has 0 aliphatic heterocycles. The van der Waals surface area contributed by atoms with Gasteiger partial charge in [-0.2, -0.15) is 0 Å². The van der Waals surface area contributed by atoms with Crippen LogP contribution < -0.4 is 14.8 Å². The fourth-order valence-electron chi connectivity index (χ4n) is 2.41. The molecule has 0 saturated heterocycles. The van der Waals surface area contributed by atoms with Gasteiger partial charge in [-0.15, -0.1) is 0 Å². The largest absolute Gasteiger partial charge is 0.424 e. The lowest BCUT2D eigenvalue weighted by molar-refractivity contribution is 0.272. The fraction of sp³-hybridized carbons (Fsp3) is 0.286. The molecule has 1 heterocycles. The third kappa shape index (κ3) is 10.3. The molecule has 192 valence electrons. The van der Waals surface area contributed by atoms with Gasteiger partial charge in [0.15, 0.2) is 0 Å². The number of nitrogens with zero attached hydrogens (tertiary/aromatic N) is 1. The zero-order valence-electron chi connectivity index (χ0n) is 19.8. The van der Waals surface area contributed by atoms with Crippen molar-refractivity contribution < 1.29 is 27.1 Å². The Balaban J connectivity index is 0.000000456. The van der Waals surface area contributed by atoms with Crippen molar-refractivity contribution in [2.75, 3.05) is 35.0 Å². The highest BCUT2D eigenvalue weighted by atomic mass is 32.5. The van der Waals surface area contributed by atoms with Crippen molar-refractivity contribution in [3.05, 3.63) is 66.7 Å². The Bertz CT molecular complexity index is 1020. The minimum absolute atomic E-state index is 0.597. The quantitative estimate of drug-likeness (QED) is 0.265. The molecule has 3 N–H and O–H groups in total. The van der Waals surface area contributed by atoms with Gasteiger partial charge in [0.1, 0.15) is 11.5 Å². The van der Waals surface area contributed by atoms with Gasteiger partial charge in [-0.1, -0.05) is 11.8 Å². The molecule has 0 fully saturated rings. The number of hydrogen-bond donors (Lipinski definition) is 2. The Hall–Kier alpha value is -1.30. The highest BCUT2D eigenvalue weighted by Crippen LogP contribution is 2.49. The number of hydrogen-bond acceptors (Lipinski definition) is 11. The van der Waals surface area contributed by atoms with E-state index in [4.69, 9.17) is 56.5 Å². The summed E-state index contributed by atoms with van der Waals surface area (Å²) in [4.78, 5) is 8.86. The number of nitrogens with two attached hydrogens (primary N) is 1. The third-order valence-corrected chi connectivity index (χ3v) is 10.1. The van der Waals surface area contributed by atoms with E-state index in [1.165, 1.54) is 28.4 Å². The first-order valence-electron chi connectivity index (χ1n) is 10.2. The van der Waals surface area contributed by atoms with Crippen LogP contribution in [-0.4, -0.2) is 45.0 Å². The van der Waals surface area contributed by atoms with Crippen molar-refractivity contribution in [1.29, 1.82) is 0 Å². The van der Waals surface area contributed by atoms with Crippen molar-refractivity contribution in [3.63, 3.8) is 0 Å². The molecule has 14 heteroatoms. The first-order chi connectivity index (χ1) is 16.8. The molecule has 9 nitrogen and oxygen atoms in total. The number of nitrogens with one attached hydrogen (secondary N) is 1. The van der Waals surface area contributed by atoms with Crippen molar-refractivity contribution in [1.82, 2.24) is 9.97 Å². The van der Waals surface area contributed by atoms with Gasteiger partial charge in [-0.3, -0.25) is 0 Å². The molecule has 0 aliphatic rings. The van der Waals surface area contributed by atoms with E-state index in [1.54, 1.807) is 24.3 Å². The number of H-pyrrole nitrogens is 1. The highest BCUT2D eigenvalue weighted by molar-refractivity contribution is 8.08. The summed E-state index contributed by atoms with van der Waals surface area (Å²) in [5.74, 6) is 1.19. The molecule has 0 bridgehead atoms. The lowest BCUT2D eigenvalue weighted by Gasteiger charge is -2.18. The molecule has 0 aliphatic carbocycles. The molecule has 0 amide bonds. The molecule has 0 atom stereocenters. The summed E-state index contributed by atoms with van der Waals surface area (Å²) in [5.41, 5.74) is 6.38. The average molecular weight is 578 g/mol. The Kier molecular flexibility index (Phi) is 12.9. The lowest BCUT2D eigenvalue weighted by Crippen LogP contribution is -2.02. The molecule has 3 rings (SSSR count). The molecular formula is C21H29N3O6P2S3. The molecule has 0 spiro atoms. The SMILES string of the molecule is COP(=S)(OC)Oc1ccc(Sc2ccc(OP(=S)(OC)OC)cc2)cc1.NCCc1cnc[nH]1. The molecule has 3 aromatic rings. The van der Waals surface area contributed by atoms with Gasteiger partial charge < -0.3 is 37.9 Å². The second kappa shape index (κ2) is 15.1. The van der Waals surface area contributed by atoms with Crippen LogP contribution in [0.4, 0.5) is 0 Å². The highest BCUT2D eigenvalue weighted by Gasteiger charge is 2.19. The summed E-state index contributed by atoms with van der Waals surface area (Å²) >= 11 is 12.0. The summed E-state index contributed by atoms with van der Waals surface area (Å²) < 4.78 is 31.7. The molecule has 0 saturated carbocycles. The maximum atomic E-state index is 5.61. The van der Waals surface area contributed by atoms with Crippen LogP contribution in [0.3, 0.4) is 0 Å². The summed E-state index contributed by atoms with van der Waals surface area (Å²) in [7, 11) is 5.89. The van der Waals surface area contributed by atoms with Gasteiger partial charge in [0.2, 0.25) is 0 Å². The van der Waals surface area contributed by atoms with Crippen molar-refractivity contribution in [2.24, 2.45) is 5.73 Å². The lowest BCUT2D eigenvalue weighted by atomic mass is 10.3. The molecule has 1 aromatic heterocycles. The normalized spacial score (nSPS) is 11.5. The number of aromatic nitrogens is 2. The first-order valence-corrected chi connectivity index (χ1v) is 16.1.